The second-order valence-corrected chi connectivity index (χ2v) is 4.04. The van der Waals surface area contributed by atoms with Gasteiger partial charge in [0, 0.05) is 23.7 Å². The minimum absolute atomic E-state index is 0.0111. The number of benzene rings is 1. The van der Waals surface area contributed by atoms with Crippen LogP contribution in [0.2, 0.25) is 0 Å². The third-order valence-corrected chi connectivity index (χ3v) is 2.91. The lowest BCUT2D eigenvalue weighted by molar-refractivity contribution is -0.117. The number of carbonyl (C=O) groups excluding carboxylic acids is 1. The van der Waals surface area contributed by atoms with Gasteiger partial charge in [0.15, 0.2) is 0 Å². The van der Waals surface area contributed by atoms with E-state index in [1.807, 2.05) is 6.92 Å². The molecule has 0 aromatic heterocycles. The molecular formula is C12H13F2NO. The van der Waals surface area contributed by atoms with Gasteiger partial charge in [-0.3, -0.25) is 4.79 Å². The van der Waals surface area contributed by atoms with Crippen molar-refractivity contribution in [2.24, 2.45) is 0 Å². The molecule has 0 bridgehead atoms. The third-order valence-electron chi connectivity index (χ3n) is 2.91. The van der Waals surface area contributed by atoms with Gasteiger partial charge in [0.25, 0.3) is 6.43 Å². The molecule has 16 heavy (non-hydrogen) atoms. The molecule has 1 aliphatic heterocycles. The molecule has 4 heteroatoms. The van der Waals surface area contributed by atoms with Crippen molar-refractivity contribution in [1.29, 1.82) is 0 Å². The lowest BCUT2D eigenvalue weighted by Crippen LogP contribution is -2.30. The molecule has 86 valence electrons. The Kier molecular flexibility index (Phi) is 2.90. The molecule has 1 aliphatic rings. The molecule has 1 aromatic rings. The first kappa shape index (κ1) is 11.0. The molecule has 1 amide bonds. The lowest BCUT2D eigenvalue weighted by Gasteiger charge is -2.21. The predicted molar refractivity (Wildman–Crippen MR) is 57.6 cm³/mol. The Morgan fingerprint density at radius 1 is 1.31 bits per heavy atom. The lowest BCUT2D eigenvalue weighted by atomic mass is 10.2. The summed E-state index contributed by atoms with van der Waals surface area (Å²) in [5, 5.41) is 0. The van der Waals surface area contributed by atoms with Crippen molar-refractivity contribution >= 4 is 11.6 Å². The summed E-state index contributed by atoms with van der Waals surface area (Å²) >= 11 is 0. The van der Waals surface area contributed by atoms with E-state index < -0.39 is 6.43 Å². The molecule has 1 heterocycles. The van der Waals surface area contributed by atoms with Gasteiger partial charge in [0.1, 0.15) is 0 Å². The van der Waals surface area contributed by atoms with Crippen molar-refractivity contribution in [2.45, 2.75) is 32.2 Å². The maximum atomic E-state index is 12.3. The van der Waals surface area contributed by atoms with Crippen LogP contribution >= 0.6 is 0 Å². The number of rotatable bonds is 2. The van der Waals surface area contributed by atoms with Gasteiger partial charge in [-0.1, -0.05) is 12.1 Å². The summed E-state index contributed by atoms with van der Waals surface area (Å²) in [6, 6.07) is 6.07. The summed E-state index contributed by atoms with van der Waals surface area (Å²) in [5.41, 5.74) is 0.697. The molecule has 0 N–H and O–H groups in total. The van der Waals surface area contributed by atoms with Crippen molar-refractivity contribution in [2.75, 3.05) is 4.90 Å². The Hall–Kier alpha value is -1.45. The van der Waals surface area contributed by atoms with Crippen LogP contribution in [0.5, 0.6) is 0 Å². The van der Waals surface area contributed by atoms with E-state index in [9.17, 15) is 13.6 Å². The molecule has 1 unspecified atom stereocenters. The monoisotopic (exact) mass is 225 g/mol. The van der Waals surface area contributed by atoms with Gasteiger partial charge in [0.05, 0.1) is 0 Å². The third kappa shape index (κ3) is 1.92. The van der Waals surface area contributed by atoms with Gasteiger partial charge >= 0.3 is 0 Å². The molecule has 0 saturated carbocycles. The van der Waals surface area contributed by atoms with E-state index in [4.69, 9.17) is 0 Å². The van der Waals surface area contributed by atoms with Crippen molar-refractivity contribution in [3.05, 3.63) is 29.8 Å². The van der Waals surface area contributed by atoms with Crippen molar-refractivity contribution in [3.63, 3.8) is 0 Å². The summed E-state index contributed by atoms with van der Waals surface area (Å²) in [5.74, 6) is 0.0669. The van der Waals surface area contributed by atoms with Gasteiger partial charge in [-0.2, -0.15) is 0 Å². The molecule has 1 fully saturated rings. The van der Waals surface area contributed by atoms with Crippen LogP contribution in [0.4, 0.5) is 14.5 Å². The Morgan fingerprint density at radius 3 is 2.38 bits per heavy atom. The topological polar surface area (TPSA) is 20.3 Å². The van der Waals surface area contributed by atoms with Crippen LogP contribution in [0.25, 0.3) is 0 Å². The van der Waals surface area contributed by atoms with Crippen molar-refractivity contribution in [3.8, 4) is 0 Å². The van der Waals surface area contributed by atoms with E-state index in [-0.39, 0.29) is 17.5 Å². The summed E-state index contributed by atoms with van der Waals surface area (Å²) in [6.45, 7) is 1.96. The van der Waals surface area contributed by atoms with Crippen molar-refractivity contribution in [1.82, 2.24) is 0 Å². The van der Waals surface area contributed by atoms with Crippen LogP contribution in [0.15, 0.2) is 24.3 Å². The minimum Gasteiger partial charge on any atom is -0.310 e. The number of nitrogens with zero attached hydrogens (tertiary/aromatic N) is 1. The molecule has 2 nitrogen and oxygen atoms in total. The van der Waals surface area contributed by atoms with Gasteiger partial charge < -0.3 is 4.90 Å². The molecule has 2 rings (SSSR count). The highest BCUT2D eigenvalue weighted by atomic mass is 19.3. The molecule has 1 saturated heterocycles. The van der Waals surface area contributed by atoms with Crippen molar-refractivity contribution < 1.29 is 13.6 Å². The fraction of sp³-hybridized carbons (Fsp3) is 0.417. The van der Waals surface area contributed by atoms with Crippen LogP contribution < -0.4 is 4.90 Å². The van der Waals surface area contributed by atoms with Gasteiger partial charge in [-0.15, -0.1) is 0 Å². The highest BCUT2D eigenvalue weighted by molar-refractivity contribution is 5.96. The molecule has 0 spiro atoms. The van der Waals surface area contributed by atoms with Crippen LogP contribution in [0.1, 0.15) is 31.8 Å². The Bertz CT molecular complexity index is 389. The summed E-state index contributed by atoms with van der Waals surface area (Å²) in [7, 11) is 0. The zero-order valence-electron chi connectivity index (χ0n) is 8.99. The number of hydrogen-bond acceptors (Lipinski definition) is 1. The second kappa shape index (κ2) is 4.20. The smallest absolute Gasteiger partial charge is 0.263 e. The minimum atomic E-state index is -2.46. The molecule has 0 aliphatic carbocycles. The highest BCUT2D eigenvalue weighted by Crippen LogP contribution is 2.28. The van der Waals surface area contributed by atoms with E-state index in [2.05, 4.69) is 0 Å². The Morgan fingerprint density at radius 2 is 1.94 bits per heavy atom. The summed E-state index contributed by atoms with van der Waals surface area (Å²) in [4.78, 5) is 13.3. The number of carbonyl (C=O) groups is 1. The first-order valence-electron chi connectivity index (χ1n) is 5.30. The van der Waals surface area contributed by atoms with Crippen LogP contribution in [0, 0.1) is 0 Å². The standard InChI is InChI=1S/C12H13F2NO/c1-8-2-7-11(16)15(8)10-5-3-9(4-6-10)12(13)14/h3-6,8,12H,2,7H2,1H3. The van der Waals surface area contributed by atoms with Gasteiger partial charge in [-0.05, 0) is 25.5 Å². The molecule has 1 aromatic carbocycles. The second-order valence-electron chi connectivity index (χ2n) is 4.04. The highest BCUT2D eigenvalue weighted by Gasteiger charge is 2.28. The van der Waals surface area contributed by atoms with Crippen LogP contribution in [-0.2, 0) is 4.79 Å². The number of anilines is 1. The van der Waals surface area contributed by atoms with E-state index in [1.54, 1.807) is 17.0 Å². The van der Waals surface area contributed by atoms with E-state index >= 15 is 0 Å². The molecule has 0 radical (unpaired) electrons. The largest absolute Gasteiger partial charge is 0.310 e. The van der Waals surface area contributed by atoms with E-state index in [0.29, 0.717) is 12.1 Å². The Balaban J connectivity index is 2.24. The quantitative estimate of drug-likeness (QED) is 0.757. The van der Waals surface area contributed by atoms with E-state index in [0.717, 1.165) is 6.42 Å². The predicted octanol–water partition coefficient (Wildman–Crippen LogP) is 3.14. The van der Waals surface area contributed by atoms with Gasteiger partial charge in [-0.25, -0.2) is 8.78 Å². The van der Waals surface area contributed by atoms with E-state index in [1.165, 1.54) is 12.1 Å². The average Bonchev–Trinajstić information content (AvgIpc) is 2.59. The fourth-order valence-electron chi connectivity index (χ4n) is 2.01. The SMILES string of the molecule is CC1CCC(=O)N1c1ccc(C(F)F)cc1. The summed E-state index contributed by atoms with van der Waals surface area (Å²) in [6.07, 6.45) is -1.09. The number of hydrogen-bond donors (Lipinski definition) is 0. The number of halogens is 2. The average molecular weight is 225 g/mol. The number of alkyl halides is 2. The zero-order valence-corrected chi connectivity index (χ0v) is 8.99. The molecular weight excluding hydrogens is 212 g/mol. The first-order chi connectivity index (χ1) is 7.59. The first-order valence-corrected chi connectivity index (χ1v) is 5.30. The zero-order chi connectivity index (χ0) is 11.7. The Labute approximate surface area is 92.9 Å². The number of amides is 1. The normalized spacial score (nSPS) is 20.9. The molecule has 1 atom stereocenters. The maximum absolute atomic E-state index is 12.3. The van der Waals surface area contributed by atoms with Crippen LogP contribution in [-0.4, -0.2) is 11.9 Å². The van der Waals surface area contributed by atoms with Crippen LogP contribution in [0.3, 0.4) is 0 Å². The maximum Gasteiger partial charge on any atom is 0.263 e. The van der Waals surface area contributed by atoms with Gasteiger partial charge in [0.2, 0.25) is 5.91 Å². The fourth-order valence-corrected chi connectivity index (χ4v) is 2.01. The summed E-state index contributed by atoms with van der Waals surface area (Å²) < 4.78 is 24.7.